The van der Waals surface area contributed by atoms with Gasteiger partial charge in [0.15, 0.2) is 0 Å². The summed E-state index contributed by atoms with van der Waals surface area (Å²) >= 11 is 0. The van der Waals surface area contributed by atoms with E-state index in [9.17, 15) is 10.1 Å². The zero-order valence-electron chi connectivity index (χ0n) is 7.31. The highest BCUT2D eigenvalue weighted by molar-refractivity contribution is 5.33. The quantitative estimate of drug-likeness (QED) is 0.497. The Bertz CT molecular complexity index is 304. The van der Waals surface area contributed by atoms with Crippen molar-refractivity contribution in [1.29, 1.82) is 0 Å². The van der Waals surface area contributed by atoms with Gasteiger partial charge in [-0.1, -0.05) is 18.9 Å². The Morgan fingerprint density at radius 2 is 2.25 bits per heavy atom. The van der Waals surface area contributed by atoms with Gasteiger partial charge in [0, 0.05) is 0 Å². The van der Waals surface area contributed by atoms with Gasteiger partial charge in [-0.2, -0.15) is 0 Å². The summed E-state index contributed by atoms with van der Waals surface area (Å²) in [6.45, 7) is 3.81. The van der Waals surface area contributed by atoms with Gasteiger partial charge in [-0.3, -0.25) is 0 Å². The van der Waals surface area contributed by atoms with Gasteiger partial charge < -0.3 is 10.1 Å². The average Bonchev–Trinajstić information content (AvgIpc) is 2.30. The number of rotatable bonds is 2. The predicted molar refractivity (Wildman–Crippen MR) is 44.0 cm³/mol. The van der Waals surface area contributed by atoms with Crippen LogP contribution in [0.3, 0.4) is 0 Å². The van der Waals surface area contributed by atoms with E-state index in [1.165, 1.54) is 4.68 Å². The van der Waals surface area contributed by atoms with Crippen LogP contribution in [0.25, 0.3) is 0 Å². The van der Waals surface area contributed by atoms with Gasteiger partial charge in [0.05, 0.1) is 11.8 Å². The highest BCUT2D eigenvalue weighted by Crippen LogP contribution is 2.24. The van der Waals surface area contributed by atoms with Crippen LogP contribution in [0.1, 0.15) is 25.3 Å². The normalized spacial score (nSPS) is 10.7. The standard InChI is InChI=1S/C7H11N3O2/c1-5(2)6-4-8-9(3)7(6)10(11)12/h4-5H,1-3H3. The number of aryl methyl sites for hydroxylation is 1. The van der Waals surface area contributed by atoms with Crippen molar-refractivity contribution in [2.45, 2.75) is 19.8 Å². The molecule has 66 valence electrons. The van der Waals surface area contributed by atoms with Crippen LogP contribution in [0.15, 0.2) is 6.20 Å². The molecule has 1 aromatic rings. The fraction of sp³-hybridized carbons (Fsp3) is 0.571. The second kappa shape index (κ2) is 2.92. The maximum atomic E-state index is 10.6. The third-order valence-electron chi connectivity index (χ3n) is 1.73. The van der Waals surface area contributed by atoms with E-state index in [0.29, 0.717) is 5.56 Å². The molecule has 0 aliphatic heterocycles. The summed E-state index contributed by atoms with van der Waals surface area (Å²) in [4.78, 5) is 10.2. The molecule has 0 spiro atoms. The lowest BCUT2D eigenvalue weighted by Gasteiger charge is -2.00. The highest BCUT2D eigenvalue weighted by atomic mass is 16.6. The van der Waals surface area contributed by atoms with Crippen LogP contribution in [-0.4, -0.2) is 14.7 Å². The van der Waals surface area contributed by atoms with E-state index < -0.39 is 4.92 Å². The summed E-state index contributed by atoms with van der Waals surface area (Å²) in [7, 11) is 1.57. The maximum Gasteiger partial charge on any atom is 0.348 e. The van der Waals surface area contributed by atoms with Crippen molar-refractivity contribution in [3.8, 4) is 0 Å². The average molecular weight is 169 g/mol. The molecule has 0 amide bonds. The number of nitro groups is 1. The largest absolute Gasteiger partial charge is 0.358 e. The van der Waals surface area contributed by atoms with Crippen LogP contribution in [0, 0.1) is 10.1 Å². The Morgan fingerprint density at radius 3 is 2.58 bits per heavy atom. The van der Waals surface area contributed by atoms with Gasteiger partial charge >= 0.3 is 5.82 Å². The first kappa shape index (κ1) is 8.70. The molecule has 12 heavy (non-hydrogen) atoms. The van der Waals surface area contributed by atoms with Crippen LogP contribution in [0.4, 0.5) is 5.82 Å². The first-order chi connectivity index (χ1) is 5.54. The summed E-state index contributed by atoms with van der Waals surface area (Å²) in [5, 5.41) is 14.4. The molecule has 0 aliphatic carbocycles. The molecule has 0 saturated carbocycles. The lowest BCUT2D eigenvalue weighted by Crippen LogP contribution is -2.01. The first-order valence-electron chi connectivity index (χ1n) is 3.70. The minimum Gasteiger partial charge on any atom is -0.358 e. The van der Waals surface area contributed by atoms with E-state index in [1.807, 2.05) is 13.8 Å². The molecule has 1 aromatic heterocycles. The maximum absolute atomic E-state index is 10.6. The molecule has 0 bridgehead atoms. The Hall–Kier alpha value is -1.39. The van der Waals surface area contributed by atoms with Crippen LogP contribution in [0.2, 0.25) is 0 Å². The highest BCUT2D eigenvalue weighted by Gasteiger charge is 2.20. The topological polar surface area (TPSA) is 61.0 Å². The fourth-order valence-electron chi connectivity index (χ4n) is 1.08. The number of nitrogens with zero attached hydrogens (tertiary/aromatic N) is 3. The van der Waals surface area contributed by atoms with E-state index >= 15 is 0 Å². The fourth-order valence-corrected chi connectivity index (χ4v) is 1.08. The van der Waals surface area contributed by atoms with Crippen molar-refractivity contribution in [2.24, 2.45) is 7.05 Å². The van der Waals surface area contributed by atoms with Crippen molar-refractivity contribution in [3.63, 3.8) is 0 Å². The van der Waals surface area contributed by atoms with Gasteiger partial charge in [0.25, 0.3) is 0 Å². The molecular weight excluding hydrogens is 158 g/mol. The molecule has 0 atom stereocenters. The third-order valence-corrected chi connectivity index (χ3v) is 1.73. The molecule has 0 radical (unpaired) electrons. The first-order valence-corrected chi connectivity index (χ1v) is 3.70. The summed E-state index contributed by atoms with van der Waals surface area (Å²) in [6, 6.07) is 0. The number of hydrogen-bond donors (Lipinski definition) is 0. The molecule has 0 N–H and O–H groups in total. The monoisotopic (exact) mass is 169 g/mol. The lowest BCUT2D eigenvalue weighted by molar-refractivity contribution is -0.393. The Morgan fingerprint density at radius 1 is 1.67 bits per heavy atom. The molecule has 0 unspecified atom stereocenters. The molecule has 0 fully saturated rings. The Labute approximate surface area is 70.2 Å². The van der Waals surface area contributed by atoms with Crippen molar-refractivity contribution >= 4 is 5.82 Å². The summed E-state index contributed by atoms with van der Waals surface area (Å²) < 4.78 is 1.29. The van der Waals surface area contributed by atoms with Gasteiger partial charge in [-0.05, 0) is 10.8 Å². The molecular formula is C7H11N3O2. The number of hydrogen-bond acceptors (Lipinski definition) is 3. The van der Waals surface area contributed by atoms with E-state index in [1.54, 1.807) is 13.2 Å². The molecule has 0 aromatic carbocycles. The van der Waals surface area contributed by atoms with Crippen molar-refractivity contribution < 1.29 is 4.92 Å². The minimum atomic E-state index is -0.400. The van der Waals surface area contributed by atoms with E-state index in [0.717, 1.165) is 0 Å². The van der Waals surface area contributed by atoms with Crippen LogP contribution in [0.5, 0.6) is 0 Å². The second-order valence-corrected chi connectivity index (χ2v) is 2.96. The van der Waals surface area contributed by atoms with E-state index in [4.69, 9.17) is 0 Å². The Kier molecular flexibility index (Phi) is 2.12. The SMILES string of the molecule is CC(C)c1cnn(C)c1[N+](=O)[O-]. The Balaban J connectivity index is 3.21. The van der Waals surface area contributed by atoms with Crippen molar-refractivity contribution in [2.75, 3.05) is 0 Å². The van der Waals surface area contributed by atoms with Crippen molar-refractivity contribution in [1.82, 2.24) is 9.78 Å². The predicted octanol–water partition coefficient (Wildman–Crippen LogP) is 1.45. The smallest absolute Gasteiger partial charge is 0.348 e. The van der Waals surface area contributed by atoms with Gasteiger partial charge in [0.1, 0.15) is 7.05 Å². The van der Waals surface area contributed by atoms with E-state index in [-0.39, 0.29) is 11.7 Å². The van der Waals surface area contributed by atoms with Gasteiger partial charge in [-0.25, -0.2) is 0 Å². The number of aromatic nitrogens is 2. The molecule has 1 heterocycles. The molecule has 1 rings (SSSR count). The zero-order valence-corrected chi connectivity index (χ0v) is 7.31. The van der Waals surface area contributed by atoms with Crippen LogP contribution < -0.4 is 0 Å². The van der Waals surface area contributed by atoms with Gasteiger partial charge in [-0.15, -0.1) is 4.68 Å². The molecule has 5 nitrogen and oxygen atoms in total. The summed E-state index contributed by atoms with van der Waals surface area (Å²) in [5.74, 6) is 0.226. The second-order valence-electron chi connectivity index (χ2n) is 2.96. The molecule has 0 aliphatic rings. The van der Waals surface area contributed by atoms with Crippen LogP contribution in [-0.2, 0) is 7.05 Å². The molecule has 0 saturated heterocycles. The molecule has 5 heteroatoms. The van der Waals surface area contributed by atoms with Crippen molar-refractivity contribution in [3.05, 3.63) is 21.9 Å². The van der Waals surface area contributed by atoms with Crippen LogP contribution >= 0.6 is 0 Å². The minimum absolute atomic E-state index is 0.0880. The van der Waals surface area contributed by atoms with E-state index in [2.05, 4.69) is 5.10 Å². The zero-order chi connectivity index (χ0) is 9.30. The summed E-state index contributed by atoms with van der Waals surface area (Å²) in [6.07, 6.45) is 1.54. The van der Waals surface area contributed by atoms with Gasteiger partial charge in [0.2, 0.25) is 0 Å². The third kappa shape index (κ3) is 1.30. The lowest BCUT2D eigenvalue weighted by atomic mass is 10.1. The summed E-state index contributed by atoms with van der Waals surface area (Å²) in [5.41, 5.74) is 0.683.